The van der Waals surface area contributed by atoms with Crippen LogP contribution >= 0.6 is 0 Å². The maximum atomic E-state index is 12.4. The number of unbranched alkanes of at least 4 members (excludes halogenated alkanes) is 2. The second-order valence-corrected chi connectivity index (χ2v) is 7.24. The number of hydrogen-bond donors (Lipinski definition) is 0. The number of rotatable bonds is 9. The molecule has 5 heteroatoms. The highest BCUT2D eigenvalue weighted by molar-refractivity contribution is 5.92. The lowest BCUT2D eigenvalue weighted by Crippen LogP contribution is -2.09. The second kappa shape index (κ2) is 11.1. The number of nitrogens with zero attached hydrogens (tertiary/aromatic N) is 1. The molecule has 31 heavy (non-hydrogen) atoms. The highest BCUT2D eigenvalue weighted by Crippen LogP contribution is 2.20. The van der Waals surface area contributed by atoms with Gasteiger partial charge in [-0.05, 0) is 60.9 Å². The molecule has 0 aliphatic rings. The molecule has 0 aliphatic heterocycles. The van der Waals surface area contributed by atoms with Crippen molar-refractivity contribution >= 4 is 11.9 Å². The Balaban J connectivity index is 1.57. The largest absolute Gasteiger partial charge is 0.462 e. The van der Waals surface area contributed by atoms with Crippen molar-refractivity contribution in [2.45, 2.75) is 39.5 Å². The Morgan fingerprint density at radius 2 is 1.48 bits per heavy atom. The van der Waals surface area contributed by atoms with E-state index in [1.165, 1.54) is 5.56 Å². The van der Waals surface area contributed by atoms with Crippen molar-refractivity contribution in [3.8, 4) is 17.0 Å². The molecule has 0 bridgehead atoms. The summed E-state index contributed by atoms with van der Waals surface area (Å²) < 4.78 is 10.6. The monoisotopic (exact) mass is 417 g/mol. The minimum atomic E-state index is -0.462. The lowest BCUT2D eigenvalue weighted by molar-refractivity contribution is 0.0498. The van der Waals surface area contributed by atoms with E-state index in [9.17, 15) is 9.59 Å². The van der Waals surface area contributed by atoms with Gasteiger partial charge in [-0.2, -0.15) is 0 Å². The average molecular weight is 418 g/mol. The van der Waals surface area contributed by atoms with Gasteiger partial charge in [-0.1, -0.05) is 44.9 Å². The normalized spacial score (nSPS) is 10.5. The number of pyridine rings is 1. The van der Waals surface area contributed by atoms with Crippen LogP contribution in [0.3, 0.4) is 0 Å². The Labute approximate surface area is 183 Å². The number of aryl methyl sites for hydroxylation is 1. The fourth-order valence-electron chi connectivity index (χ4n) is 3.01. The topological polar surface area (TPSA) is 65.5 Å². The van der Waals surface area contributed by atoms with Crippen molar-refractivity contribution in [1.29, 1.82) is 0 Å². The molecule has 1 heterocycles. The van der Waals surface area contributed by atoms with E-state index in [1.54, 1.807) is 36.4 Å². The third-order valence-electron chi connectivity index (χ3n) is 4.93. The molecule has 0 atom stereocenters. The van der Waals surface area contributed by atoms with Crippen molar-refractivity contribution < 1.29 is 19.1 Å². The summed E-state index contributed by atoms with van der Waals surface area (Å²) in [5, 5.41) is 0. The number of aromatic nitrogens is 1. The van der Waals surface area contributed by atoms with E-state index >= 15 is 0 Å². The first-order valence-corrected chi connectivity index (χ1v) is 10.7. The van der Waals surface area contributed by atoms with Crippen LogP contribution in [0.25, 0.3) is 11.3 Å². The molecular weight excluding hydrogens is 390 g/mol. The summed E-state index contributed by atoms with van der Waals surface area (Å²) in [7, 11) is 0. The quantitative estimate of drug-likeness (QED) is 0.247. The molecule has 5 nitrogen and oxygen atoms in total. The van der Waals surface area contributed by atoms with Gasteiger partial charge in [0.05, 0.1) is 23.4 Å². The molecule has 0 spiro atoms. The molecule has 0 N–H and O–H groups in total. The lowest BCUT2D eigenvalue weighted by Gasteiger charge is -2.07. The first-order chi connectivity index (χ1) is 15.1. The summed E-state index contributed by atoms with van der Waals surface area (Å²) in [6.45, 7) is 4.60. The fraction of sp³-hybridized carbons (Fsp3) is 0.269. The van der Waals surface area contributed by atoms with Gasteiger partial charge in [0.1, 0.15) is 5.75 Å². The van der Waals surface area contributed by atoms with Gasteiger partial charge in [0.2, 0.25) is 0 Å². The van der Waals surface area contributed by atoms with Gasteiger partial charge in [-0.3, -0.25) is 4.98 Å². The summed E-state index contributed by atoms with van der Waals surface area (Å²) in [6, 6.07) is 17.5. The van der Waals surface area contributed by atoms with Gasteiger partial charge in [0.15, 0.2) is 0 Å². The van der Waals surface area contributed by atoms with Crippen molar-refractivity contribution in [2.24, 2.45) is 0 Å². The summed E-state index contributed by atoms with van der Waals surface area (Å²) in [5.74, 6) is -0.464. The summed E-state index contributed by atoms with van der Waals surface area (Å²) in [5.41, 5.74) is 3.84. The predicted octanol–water partition coefficient (Wildman–Crippen LogP) is 5.88. The standard InChI is InChI=1S/C26H27NO4/c1-3-5-6-17-30-25(28)21-12-14-23(15-13-21)31-26(29)22-10-8-20(9-11-22)24-16-7-19(4-2)18-27-24/h7-16,18H,3-6,17H2,1-2H3. The van der Waals surface area contributed by atoms with Crippen LogP contribution in [0.4, 0.5) is 0 Å². The summed E-state index contributed by atoms with van der Waals surface area (Å²) in [4.78, 5) is 28.9. The van der Waals surface area contributed by atoms with Gasteiger partial charge in [-0.15, -0.1) is 0 Å². The van der Waals surface area contributed by atoms with Crippen molar-refractivity contribution in [1.82, 2.24) is 4.98 Å². The van der Waals surface area contributed by atoms with Crippen molar-refractivity contribution in [2.75, 3.05) is 6.61 Å². The zero-order valence-electron chi connectivity index (χ0n) is 18.0. The molecular formula is C26H27NO4. The van der Waals surface area contributed by atoms with Crippen LogP contribution in [0.1, 0.15) is 59.4 Å². The third kappa shape index (κ3) is 6.25. The summed E-state index contributed by atoms with van der Waals surface area (Å²) in [6.07, 6.45) is 5.77. The van der Waals surface area contributed by atoms with Gasteiger partial charge in [0, 0.05) is 11.8 Å². The zero-order valence-corrected chi connectivity index (χ0v) is 18.0. The Bertz CT molecular complexity index is 993. The molecule has 2 aromatic carbocycles. The first kappa shape index (κ1) is 22.2. The molecule has 1 aromatic heterocycles. The number of hydrogen-bond acceptors (Lipinski definition) is 5. The minimum absolute atomic E-state index is 0.369. The molecule has 0 saturated carbocycles. The second-order valence-electron chi connectivity index (χ2n) is 7.24. The van der Waals surface area contributed by atoms with Crippen LogP contribution in [-0.4, -0.2) is 23.5 Å². The molecule has 0 aliphatic carbocycles. The van der Waals surface area contributed by atoms with Crippen molar-refractivity contribution in [3.05, 3.63) is 83.6 Å². The van der Waals surface area contributed by atoms with Crippen LogP contribution in [-0.2, 0) is 11.2 Å². The van der Waals surface area contributed by atoms with Gasteiger partial charge in [-0.25, -0.2) is 9.59 Å². The molecule has 0 fully saturated rings. The molecule has 0 saturated heterocycles. The molecule has 0 unspecified atom stereocenters. The number of benzene rings is 2. The SMILES string of the molecule is CCCCCOC(=O)c1ccc(OC(=O)c2ccc(-c3ccc(CC)cn3)cc2)cc1. The smallest absolute Gasteiger partial charge is 0.343 e. The fourth-order valence-corrected chi connectivity index (χ4v) is 3.01. The Hall–Kier alpha value is -3.47. The number of carbonyl (C=O) groups excluding carboxylic acids is 2. The third-order valence-corrected chi connectivity index (χ3v) is 4.93. The highest BCUT2D eigenvalue weighted by Gasteiger charge is 2.11. The van der Waals surface area contributed by atoms with Crippen LogP contribution in [0.5, 0.6) is 5.75 Å². The van der Waals surface area contributed by atoms with Crippen LogP contribution in [0.2, 0.25) is 0 Å². The van der Waals surface area contributed by atoms with Gasteiger partial charge >= 0.3 is 11.9 Å². The first-order valence-electron chi connectivity index (χ1n) is 10.7. The predicted molar refractivity (Wildman–Crippen MR) is 120 cm³/mol. The minimum Gasteiger partial charge on any atom is -0.462 e. The molecule has 3 rings (SSSR count). The number of esters is 2. The van der Waals surface area contributed by atoms with Gasteiger partial charge in [0.25, 0.3) is 0 Å². The van der Waals surface area contributed by atoms with E-state index in [-0.39, 0.29) is 5.97 Å². The lowest BCUT2D eigenvalue weighted by atomic mass is 10.1. The van der Waals surface area contributed by atoms with Crippen LogP contribution in [0, 0.1) is 0 Å². The highest BCUT2D eigenvalue weighted by atomic mass is 16.5. The average Bonchev–Trinajstić information content (AvgIpc) is 2.82. The van der Waals surface area contributed by atoms with E-state index in [2.05, 4.69) is 24.9 Å². The van der Waals surface area contributed by atoms with E-state index in [0.29, 0.717) is 23.5 Å². The molecule has 0 radical (unpaired) electrons. The van der Waals surface area contributed by atoms with E-state index in [4.69, 9.17) is 9.47 Å². The molecule has 3 aromatic rings. The van der Waals surface area contributed by atoms with E-state index in [0.717, 1.165) is 36.9 Å². The number of carbonyl (C=O) groups is 2. The molecule has 160 valence electrons. The Kier molecular flexibility index (Phi) is 7.93. The van der Waals surface area contributed by atoms with E-state index in [1.807, 2.05) is 24.4 Å². The summed E-state index contributed by atoms with van der Waals surface area (Å²) >= 11 is 0. The Morgan fingerprint density at radius 1 is 0.806 bits per heavy atom. The van der Waals surface area contributed by atoms with Crippen LogP contribution < -0.4 is 4.74 Å². The molecule has 0 amide bonds. The van der Waals surface area contributed by atoms with E-state index < -0.39 is 5.97 Å². The Morgan fingerprint density at radius 3 is 2.10 bits per heavy atom. The van der Waals surface area contributed by atoms with Crippen molar-refractivity contribution in [3.63, 3.8) is 0 Å². The maximum Gasteiger partial charge on any atom is 0.343 e. The maximum absolute atomic E-state index is 12.4. The number of ether oxygens (including phenoxy) is 2. The zero-order chi connectivity index (χ0) is 22.1. The van der Waals surface area contributed by atoms with Gasteiger partial charge < -0.3 is 9.47 Å². The van der Waals surface area contributed by atoms with Crippen LogP contribution in [0.15, 0.2) is 66.9 Å².